The number of hydrogen-bond acceptors (Lipinski definition) is 3. The van der Waals surface area contributed by atoms with Gasteiger partial charge < -0.3 is 15.4 Å². The van der Waals surface area contributed by atoms with Crippen molar-refractivity contribution in [1.82, 2.24) is 0 Å². The lowest BCUT2D eigenvalue weighted by atomic mass is 10.1. The molecule has 1 unspecified atom stereocenters. The highest BCUT2D eigenvalue weighted by molar-refractivity contribution is 6.31. The summed E-state index contributed by atoms with van der Waals surface area (Å²) in [4.78, 5) is 12.3. The lowest BCUT2D eigenvalue weighted by molar-refractivity contribution is -0.116. The monoisotopic (exact) mass is 318 g/mol. The smallest absolute Gasteiger partial charge is 0.246 e. The van der Waals surface area contributed by atoms with E-state index in [1.807, 2.05) is 37.3 Å². The maximum absolute atomic E-state index is 12.3. The molecule has 2 N–H and O–H groups in total. The highest BCUT2D eigenvalue weighted by atomic mass is 35.5. The summed E-state index contributed by atoms with van der Waals surface area (Å²) in [6.07, 6.45) is 0. The van der Waals surface area contributed by atoms with Crippen LogP contribution in [0.4, 0.5) is 11.4 Å². The van der Waals surface area contributed by atoms with E-state index >= 15 is 0 Å². The zero-order valence-electron chi connectivity index (χ0n) is 12.8. The Morgan fingerprint density at radius 1 is 1.14 bits per heavy atom. The Hall–Kier alpha value is -2.20. The van der Waals surface area contributed by atoms with E-state index in [0.29, 0.717) is 16.5 Å². The van der Waals surface area contributed by atoms with Crippen molar-refractivity contribution in [2.24, 2.45) is 0 Å². The molecular formula is C17H19ClN2O2. The molecule has 0 saturated carbocycles. The molecule has 22 heavy (non-hydrogen) atoms. The van der Waals surface area contributed by atoms with Gasteiger partial charge in [-0.2, -0.15) is 0 Å². The Labute approximate surface area is 135 Å². The molecule has 4 nitrogen and oxygen atoms in total. The van der Waals surface area contributed by atoms with Gasteiger partial charge in [0.2, 0.25) is 5.91 Å². The number of amides is 1. The summed E-state index contributed by atoms with van der Waals surface area (Å²) in [6.45, 7) is 3.71. The number of hydrogen-bond donors (Lipinski definition) is 2. The number of carbonyl (C=O) groups is 1. The van der Waals surface area contributed by atoms with Crippen LogP contribution in [-0.2, 0) is 4.79 Å². The van der Waals surface area contributed by atoms with Crippen molar-refractivity contribution >= 4 is 28.9 Å². The van der Waals surface area contributed by atoms with E-state index in [0.717, 1.165) is 11.3 Å². The van der Waals surface area contributed by atoms with Gasteiger partial charge in [0.1, 0.15) is 11.8 Å². The molecular weight excluding hydrogens is 300 g/mol. The van der Waals surface area contributed by atoms with Crippen molar-refractivity contribution in [1.29, 1.82) is 0 Å². The molecule has 0 spiro atoms. The van der Waals surface area contributed by atoms with Gasteiger partial charge in [0.15, 0.2) is 0 Å². The minimum Gasteiger partial charge on any atom is -0.495 e. The number of anilines is 2. The van der Waals surface area contributed by atoms with Crippen LogP contribution in [0.2, 0.25) is 5.02 Å². The fourth-order valence-corrected chi connectivity index (χ4v) is 2.23. The number of ether oxygens (including phenoxy) is 1. The molecule has 5 heteroatoms. The Kier molecular flexibility index (Phi) is 5.28. The summed E-state index contributed by atoms with van der Waals surface area (Å²) in [7, 11) is 1.57. The molecule has 2 rings (SSSR count). The van der Waals surface area contributed by atoms with Crippen LogP contribution >= 0.6 is 11.6 Å². The number of carbonyl (C=O) groups excluding carboxylic acids is 1. The SMILES string of the molecule is COc1ccccc1NC(=O)C(C)Nc1cccc(Cl)c1C. The van der Waals surface area contributed by atoms with E-state index in [9.17, 15) is 4.79 Å². The Morgan fingerprint density at radius 2 is 1.82 bits per heavy atom. The van der Waals surface area contributed by atoms with Crippen molar-refractivity contribution in [2.45, 2.75) is 19.9 Å². The topological polar surface area (TPSA) is 50.4 Å². The molecule has 0 heterocycles. The van der Waals surface area contributed by atoms with Crippen molar-refractivity contribution in [2.75, 3.05) is 17.7 Å². The molecule has 0 aliphatic carbocycles. The van der Waals surface area contributed by atoms with E-state index in [1.54, 1.807) is 26.2 Å². The molecule has 0 bridgehead atoms. The first kappa shape index (κ1) is 16.2. The number of rotatable bonds is 5. The first-order valence-corrected chi connectivity index (χ1v) is 7.36. The predicted octanol–water partition coefficient (Wildman–Crippen LogP) is 4.10. The van der Waals surface area contributed by atoms with Gasteiger partial charge >= 0.3 is 0 Å². The van der Waals surface area contributed by atoms with Crippen LogP contribution in [0.1, 0.15) is 12.5 Å². The summed E-state index contributed by atoms with van der Waals surface area (Å²) in [5.41, 5.74) is 2.41. The third-order valence-corrected chi connectivity index (χ3v) is 3.81. The van der Waals surface area contributed by atoms with Gasteiger partial charge in [-0.1, -0.05) is 29.8 Å². The maximum atomic E-state index is 12.3. The molecule has 2 aromatic carbocycles. The molecule has 0 aromatic heterocycles. The first-order chi connectivity index (χ1) is 10.5. The molecule has 0 aliphatic heterocycles. The lowest BCUT2D eigenvalue weighted by Crippen LogP contribution is -2.32. The first-order valence-electron chi connectivity index (χ1n) is 6.98. The molecule has 1 atom stereocenters. The Bertz CT molecular complexity index is 673. The Balaban J connectivity index is 2.08. The summed E-state index contributed by atoms with van der Waals surface area (Å²) in [6, 6.07) is 12.5. The largest absolute Gasteiger partial charge is 0.495 e. The third-order valence-electron chi connectivity index (χ3n) is 3.40. The van der Waals surface area contributed by atoms with Crippen LogP contribution in [0.25, 0.3) is 0 Å². The normalized spacial score (nSPS) is 11.6. The molecule has 116 valence electrons. The Morgan fingerprint density at radius 3 is 2.55 bits per heavy atom. The standard InChI is InChI=1S/C17H19ClN2O2/c1-11-13(18)7-6-9-14(11)19-12(2)17(21)20-15-8-4-5-10-16(15)22-3/h4-10,12,19H,1-3H3,(H,20,21). The van der Waals surface area contributed by atoms with E-state index < -0.39 is 6.04 Å². The molecule has 0 saturated heterocycles. The minimum atomic E-state index is -0.415. The zero-order chi connectivity index (χ0) is 16.1. The van der Waals surface area contributed by atoms with Crippen LogP contribution in [-0.4, -0.2) is 19.1 Å². The van der Waals surface area contributed by atoms with Gasteiger partial charge in [0.25, 0.3) is 0 Å². The molecule has 0 aliphatic rings. The van der Waals surface area contributed by atoms with E-state index in [2.05, 4.69) is 10.6 Å². The molecule has 0 fully saturated rings. The number of benzene rings is 2. The second-order valence-electron chi connectivity index (χ2n) is 4.97. The van der Waals surface area contributed by atoms with Crippen molar-refractivity contribution in [3.05, 3.63) is 53.1 Å². The second kappa shape index (κ2) is 7.18. The number of nitrogens with one attached hydrogen (secondary N) is 2. The lowest BCUT2D eigenvalue weighted by Gasteiger charge is -2.18. The average molecular weight is 319 g/mol. The summed E-state index contributed by atoms with van der Waals surface area (Å²) in [5.74, 6) is 0.478. The quantitative estimate of drug-likeness (QED) is 0.872. The van der Waals surface area contributed by atoms with E-state index in [4.69, 9.17) is 16.3 Å². The number of methoxy groups -OCH3 is 1. The molecule has 0 radical (unpaired) electrons. The van der Waals surface area contributed by atoms with Crippen LogP contribution in [0.5, 0.6) is 5.75 Å². The fraction of sp³-hybridized carbons (Fsp3) is 0.235. The van der Waals surface area contributed by atoms with Crippen molar-refractivity contribution in [3.63, 3.8) is 0 Å². The highest BCUT2D eigenvalue weighted by Gasteiger charge is 2.15. The van der Waals surface area contributed by atoms with E-state index in [1.165, 1.54) is 0 Å². The summed E-state index contributed by atoms with van der Waals surface area (Å²) < 4.78 is 5.23. The highest BCUT2D eigenvalue weighted by Crippen LogP contribution is 2.25. The summed E-state index contributed by atoms with van der Waals surface area (Å²) >= 11 is 6.09. The van der Waals surface area contributed by atoms with Crippen LogP contribution in [0, 0.1) is 6.92 Å². The van der Waals surface area contributed by atoms with Gasteiger partial charge in [0, 0.05) is 10.7 Å². The zero-order valence-corrected chi connectivity index (χ0v) is 13.6. The van der Waals surface area contributed by atoms with Crippen molar-refractivity contribution in [3.8, 4) is 5.75 Å². The van der Waals surface area contributed by atoms with Crippen molar-refractivity contribution < 1.29 is 9.53 Å². The third kappa shape index (κ3) is 3.71. The van der Waals surface area contributed by atoms with Gasteiger partial charge in [0.05, 0.1) is 12.8 Å². The minimum absolute atomic E-state index is 0.149. The average Bonchev–Trinajstić information content (AvgIpc) is 2.52. The van der Waals surface area contributed by atoms with Crippen LogP contribution < -0.4 is 15.4 Å². The second-order valence-corrected chi connectivity index (χ2v) is 5.38. The van der Waals surface area contributed by atoms with Crippen LogP contribution in [0.15, 0.2) is 42.5 Å². The maximum Gasteiger partial charge on any atom is 0.246 e. The van der Waals surface area contributed by atoms with Crippen LogP contribution in [0.3, 0.4) is 0 Å². The predicted molar refractivity (Wildman–Crippen MR) is 90.9 cm³/mol. The van der Waals surface area contributed by atoms with Gasteiger partial charge in [-0.25, -0.2) is 0 Å². The van der Waals surface area contributed by atoms with Gasteiger partial charge in [-0.3, -0.25) is 4.79 Å². The fourth-order valence-electron chi connectivity index (χ4n) is 2.05. The number of para-hydroxylation sites is 2. The molecule has 1 amide bonds. The number of halogens is 1. The van der Waals surface area contributed by atoms with E-state index in [-0.39, 0.29) is 5.91 Å². The van der Waals surface area contributed by atoms with Gasteiger partial charge in [-0.15, -0.1) is 0 Å². The molecule has 2 aromatic rings. The summed E-state index contributed by atoms with van der Waals surface area (Å²) in [5, 5.41) is 6.70. The van der Waals surface area contributed by atoms with Gasteiger partial charge in [-0.05, 0) is 43.7 Å².